The summed E-state index contributed by atoms with van der Waals surface area (Å²) in [5, 5.41) is 3.19. The summed E-state index contributed by atoms with van der Waals surface area (Å²) in [5.41, 5.74) is 0.594. The summed E-state index contributed by atoms with van der Waals surface area (Å²) in [6.07, 6.45) is 1.65. The van der Waals surface area contributed by atoms with Crippen LogP contribution in [0.25, 0.3) is 0 Å². The topological polar surface area (TPSA) is 34.4 Å². The van der Waals surface area contributed by atoms with Crippen LogP contribution in [0.4, 0.5) is 4.39 Å². The van der Waals surface area contributed by atoms with Crippen LogP contribution in [0.3, 0.4) is 0 Å². The average molecular weight is 249 g/mol. The maximum atomic E-state index is 13.0. The summed E-state index contributed by atoms with van der Waals surface area (Å²) < 4.78 is 23.7. The van der Waals surface area contributed by atoms with Crippen molar-refractivity contribution in [2.24, 2.45) is 0 Å². The van der Waals surface area contributed by atoms with Crippen molar-refractivity contribution in [3.8, 4) is 5.75 Å². The van der Waals surface area contributed by atoms with Crippen LogP contribution in [-0.2, 0) is 6.54 Å². The predicted octanol–water partition coefficient (Wildman–Crippen LogP) is 2.90. The van der Waals surface area contributed by atoms with Crippen molar-refractivity contribution in [1.82, 2.24) is 5.32 Å². The second-order valence-electron chi connectivity index (χ2n) is 4.02. The van der Waals surface area contributed by atoms with Crippen molar-refractivity contribution in [2.45, 2.75) is 13.5 Å². The van der Waals surface area contributed by atoms with Crippen LogP contribution >= 0.6 is 0 Å². The molecule has 18 heavy (non-hydrogen) atoms. The fourth-order valence-corrected chi connectivity index (χ4v) is 1.57. The van der Waals surface area contributed by atoms with Gasteiger partial charge in [-0.2, -0.15) is 0 Å². The van der Waals surface area contributed by atoms with Crippen molar-refractivity contribution in [1.29, 1.82) is 0 Å². The third-order valence-electron chi connectivity index (χ3n) is 2.56. The van der Waals surface area contributed by atoms with Gasteiger partial charge in [0.1, 0.15) is 23.9 Å². The fourth-order valence-electron chi connectivity index (χ4n) is 1.57. The minimum absolute atomic E-state index is 0.210. The molecule has 2 aromatic rings. The molecule has 1 aromatic heterocycles. The van der Waals surface area contributed by atoms with Gasteiger partial charge in [-0.15, -0.1) is 0 Å². The van der Waals surface area contributed by atoms with Crippen molar-refractivity contribution in [3.05, 3.63) is 53.7 Å². The molecule has 0 atom stereocenters. The number of benzene rings is 1. The van der Waals surface area contributed by atoms with E-state index in [-0.39, 0.29) is 5.82 Å². The van der Waals surface area contributed by atoms with E-state index in [4.69, 9.17) is 9.15 Å². The first-order valence-corrected chi connectivity index (χ1v) is 5.88. The van der Waals surface area contributed by atoms with Crippen molar-refractivity contribution in [2.75, 3.05) is 13.2 Å². The van der Waals surface area contributed by atoms with Gasteiger partial charge in [0.05, 0.1) is 12.8 Å². The first kappa shape index (κ1) is 12.6. The fraction of sp³-hybridized carbons (Fsp3) is 0.286. The molecule has 2 rings (SSSR count). The number of ether oxygens (including phenoxy) is 1. The molecule has 0 amide bonds. The monoisotopic (exact) mass is 249 g/mol. The van der Waals surface area contributed by atoms with Gasteiger partial charge in [0.15, 0.2) is 0 Å². The van der Waals surface area contributed by atoms with E-state index in [9.17, 15) is 4.39 Å². The number of nitrogens with one attached hydrogen (secondary N) is 1. The zero-order valence-corrected chi connectivity index (χ0v) is 10.3. The van der Waals surface area contributed by atoms with E-state index in [0.29, 0.717) is 31.0 Å². The van der Waals surface area contributed by atoms with Crippen LogP contribution in [0.5, 0.6) is 5.75 Å². The number of furan rings is 1. The van der Waals surface area contributed by atoms with Gasteiger partial charge in [-0.25, -0.2) is 4.39 Å². The van der Waals surface area contributed by atoms with Crippen LogP contribution in [0.1, 0.15) is 11.3 Å². The highest BCUT2D eigenvalue weighted by molar-refractivity contribution is 5.28. The van der Waals surface area contributed by atoms with Crippen LogP contribution in [0.2, 0.25) is 0 Å². The molecule has 0 aliphatic rings. The summed E-state index contributed by atoms with van der Waals surface area (Å²) in [6.45, 7) is 3.64. The smallest absolute Gasteiger partial charge is 0.126 e. The number of rotatable bonds is 6. The number of hydrogen-bond acceptors (Lipinski definition) is 3. The lowest BCUT2D eigenvalue weighted by Crippen LogP contribution is -2.20. The normalized spacial score (nSPS) is 10.6. The molecule has 1 heterocycles. The second-order valence-corrected chi connectivity index (χ2v) is 4.02. The number of aryl methyl sites for hydroxylation is 1. The lowest BCUT2D eigenvalue weighted by molar-refractivity contribution is 0.310. The summed E-state index contributed by atoms with van der Waals surface area (Å²) in [5.74, 6) is 1.37. The third-order valence-corrected chi connectivity index (χ3v) is 2.56. The molecule has 0 fully saturated rings. The maximum Gasteiger partial charge on any atom is 0.126 e. The zero-order chi connectivity index (χ0) is 12.8. The van der Waals surface area contributed by atoms with Gasteiger partial charge in [0, 0.05) is 6.54 Å². The summed E-state index contributed by atoms with van der Waals surface area (Å²) in [7, 11) is 0. The van der Waals surface area contributed by atoms with Crippen LogP contribution in [-0.4, -0.2) is 13.2 Å². The Morgan fingerprint density at radius 1 is 1.33 bits per heavy atom. The predicted molar refractivity (Wildman–Crippen MR) is 67.0 cm³/mol. The number of halogens is 1. The van der Waals surface area contributed by atoms with E-state index in [2.05, 4.69) is 5.32 Å². The molecule has 0 saturated carbocycles. The van der Waals surface area contributed by atoms with Gasteiger partial charge in [0.2, 0.25) is 0 Å². The van der Waals surface area contributed by atoms with E-state index in [1.54, 1.807) is 25.3 Å². The lowest BCUT2D eigenvalue weighted by Gasteiger charge is -2.07. The highest BCUT2D eigenvalue weighted by Crippen LogP contribution is 2.15. The van der Waals surface area contributed by atoms with E-state index in [1.165, 1.54) is 6.07 Å². The molecule has 0 aliphatic carbocycles. The Kier molecular flexibility index (Phi) is 4.36. The van der Waals surface area contributed by atoms with Crippen molar-refractivity contribution < 1.29 is 13.5 Å². The Balaban J connectivity index is 1.67. The molecule has 0 radical (unpaired) electrons. The highest BCUT2D eigenvalue weighted by atomic mass is 19.1. The Morgan fingerprint density at radius 2 is 2.22 bits per heavy atom. The third kappa shape index (κ3) is 3.60. The van der Waals surface area contributed by atoms with Crippen LogP contribution in [0, 0.1) is 12.7 Å². The van der Waals surface area contributed by atoms with E-state index in [0.717, 1.165) is 5.76 Å². The molecule has 0 bridgehead atoms. The van der Waals surface area contributed by atoms with Gasteiger partial charge in [-0.1, -0.05) is 0 Å². The second kappa shape index (κ2) is 6.21. The minimum atomic E-state index is -0.210. The van der Waals surface area contributed by atoms with Gasteiger partial charge in [-0.05, 0) is 42.8 Å². The van der Waals surface area contributed by atoms with Crippen molar-refractivity contribution >= 4 is 0 Å². The van der Waals surface area contributed by atoms with E-state index < -0.39 is 0 Å². The quantitative estimate of drug-likeness (QED) is 0.799. The highest BCUT2D eigenvalue weighted by Gasteiger charge is 2.00. The molecular weight excluding hydrogens is 233 g/mol. The first-order valence-electron chi connectivity index (χ1n) is 5.88. The molecule has 96 valence electrons. The lowest BCUT2D eigenvalue weighted by atomic mass is 10.2. The minimum Gasteiger partial charge on any atom is -0.492 e. The Morgan fingerprint density at radius 3 is 2.94 bits per heavy atom. The molecule has 1 aromatic carbocycles. The summed E-state index contributed by atoms with van der Waals surface area (Å²) in [6, 6.07) is 8.52. The molecule has 0 unspecified atom stereocenters. The standard InChI is InChI=1S/C14H16FNO2/c1-11-9-12(4-5-14(11)15)18-8-6-16-10-13-3-2-7-17-13/h2-5,7,9,16H,6,8,10H2,1H3. The SMILES string of the molecule is Cc1cc(OCCNCc2ccco2)ccc1F. The number of hydrogen-bond donors (Lipinski definition) is 1. The van der Waals surface area contributed by atoms with Gasteiger partial charge in [-0.3, -0.25) is 0 Å². The zero-order valence-electron chi connectivity index (χ0n) is 10.3. The molecule has 3 nitrogen and oxygen atoms in total. The summed E-state index contributed by atoms with van der Waals surface area (Å²) in [4.78, 5) is 0. The first-order chi connectivity index (χ1) is 8.75. The average Bonchev–Trinajstić information content (AvgIpc) is 2.86. The molecule has 0 saturated heterocycles. The summed E-state index contributed by atoms with van der Waals surface area (Å²) >= 11 is 0. The Hall–Kier alpha value is -1.81. The van der Waals surface area contributed by atoms with Crippen molar-refractivity contribution in [3.63, 3.8) is 0 Å². The van der Waals surface area contributed by atoms with E-state index >= 15 is 0 Å². The maximum absolute atomic E-state index is 13.0. The van der Waals surface area contributed by atoms with Crippen LogP contribution in [0.15, 0.2) is 41.0 Å². The largest absolute Gasteiger partial charge is 0.492 e. The molecule has 4 heteroatoms. The molecule has 0 spiro atoms. The molecular formula is C14H16FNO2. The van der Waals surface area contributed by atoms with Gasteiger partial charge < -0.3 is 14.5 Å². The van der Waals surface area contributed by atoms with Gasteiger partial charge in [0.25, 0.3) is 0 Å². The molecule has 0 aliphatic heterocycles. The molecule has 1 N–H and O–H groups in total. The Labute approximate surface area is 106 Å². The van der Waals surface area contributed by atoms with Gasteiger partial charge >= 0.3 is 0 Å². The van der Waals surface area contributed by atoms with Crippen LogP contribution < -0.4 is 10.1 Å². The van der Waals surface area contributed by atoms with E-state index in [1.807, 2.05) is 12.1 Å². The Bertz CT molecular complexity index is 483.